The molecule has 0 atom stereocenters. The summed E-state index contributed by atoms with van der Waals surface area (Å²) in [6, 6.07) is 3.07. The fraction of sp³-hybridized carbons (Fsp3) is 0. The number of carboxylic acids is 1. The molecular weight excluding hydrogens is 190 g/mol. The van der Waals surface area contributed by atoms with Crippen molar-refractivity contribution in [3.05, 3.63) is 29.3 Å². The van der Waals surface area contributed by atoms with E-state index in [0.29, 0.717) is 0 Å². The van der Waals surface area contributed by atoms with Gasteiger partial charge >= 0.3 is 5.97 Å². The SMILES string of the molecule is O=C(O)c1cc(O)cc(C(=O)NO)c1. The van der Waals surface area contributed by atoms with Crippen LogP contribution in [0.1, 0.15) is 20.7 Å². The first-order valence-corrected chi connectivity index (χ1v) is 3.56. The van der Waals surface area contributed by atoms with Gasteiger partial charge in [0, 0.05) is 5.56 Å². The first-order valence-electron chi connectivity index (χ1n) is 3.56. The minimum absolute atomic E-state index is 0.134. The van der Waals surface area contributed by atoms with E-state index in [0.717, 1.165) is 18.2 Å². The van der Waals surface area contributed by atoms with Crippen LogP contribution in [-0.4, -0.2) is 27.3 Å². The van der Waals surface area contributed by atoms with Crippen LogP contribution in [0.5, 0.6) is 5.75 Å². The van der Waals surface area contributed by atoms with Gasteiger partial charge in [0.05, 0.1) is 5.56 Å². The summed E-state index contributed by atoms with van der Waals surface area (Å²) in [7, 11) is 0. The molecule has 74 valence electrons. The Kier molecular flexibility index (Phi) is 2.68. The third-order valence-electron chi connectivity index (χ3n) is 1.53. The Hall–Kier alpha value is -2.08. The zero-order chi connectivity index (χ0) is 10.7. The number of amides is 1. The fourth-order valence-corrected chi connectivity index (χ4v) is 0.930. The predicted molar refractivity (Wildman–Crippen MR) is 44.3 cm³/mol. The molecule has 0 heterocycles. The maximum atomic E-state index is 10.9. The summed E-state index contributed by atoms with van der Waals surface area (Å²) in [5.74, 6) is -2.51. The Morgan fingerprint density at radius 3 is 2.21 bits per heavy atom. The van der Waals surface area contributed by atoms with Gasteiger partial charge in [-0.05, 0) is 18.2 Å². The molecule has 1 amide bonds. The molecule has 0 aromatic heterocycles. The second-order valence-corrected chi connectivity index (χ2v) is 2.51. The minimum Gasteiger partial charge on any atom is -0.508 e. The van der Waals surface area contributed by atoms with Gasteiger partial charge in [-0.15, -0.1) is 0 Å². The maximum absolute atomic E-state index is 10.9. The molecule has 0 radical (unpaired) electrons. The van der Waals surface area contributed by atoms with Gasteiger partial charge < -0.3 is 10.2 Å². The Labute approximate surface area is 78.4 Å². The first-order chi connectivity index (χ1) is 6.54. The van der Waals surface area contributed by atoms with Gasteiger partial charge in [0.25, 0.3) is 5.91 Å². The molecule has 1 aromatic carbocycles. The first kappa shape index (κ1) is 10.0. The smallest absolute Gasteiger partial charge is 0.335 e. The number of aromatic hydroxyl groups is 1. The van der Waals surface area contributed by atoms with Crippen molar-refractivity contribution in [1.29, 1.82) is 0 Å². The van der Waals surface area contributed by atoms with Gasteiger partial charge in [0.2, 0.25) is 0 Å². The number of aromatic carboxylic acids is 1. The van der Waals surface area contributed by atoms with Crippen molar-refractivity contribution in [3.63, 3.8) is 0 Å². The second kappa shape index (κ2) is 3.75. The molecule has 0 aliphatic rings. The van der Waals surface area contributed by atoms with Crippen molar-refractivity contribution in [2.75, 3.05) is 0 Å². The lowest BCUT2D eigenvalue weighted by Crippen LogP contribution is -2.18. The zero-order valence-corrected chi connectivity index (χ0v) is 6.89. The molecule has 6 nitrogen and oxygen atoms in total. The number of benzene rings is 1. The Bertz CT molecular complexity index is 387. The Morgan fingerprint density at radius 1 is 1.14 bits per heavy atom. The molecule has 6 heteroatoms. The van der Waals surface area contributed by atoms with Gasteiger partial charge in [0.1, 0.15) is 5.75 Å². The van der Waals surface area contributed by atoms with E-state index in [1.807, 2.05) is 0 Å². The molecule has 0 spiro atoms. The highest BCUT2D eigenvalue weighted by atomic mass is 16.5. The summed E-state index contributed by atoms with van der Waals surface area (Å²) in [5.41, 5.74) is 0.965. The predicted octanol–water partition coefficient (Wildman–Crippen LogP) is 0.209. The summed E-state index contributed by atoms with van der Waals surface area (Å²) in [5, 5.41) is 25.9. The van der Waals surface area contributed by atoms with Gasteiger partial charge in [-0.2, -0.15) is 0 Å². The highest BCUT2D eigenvalue weighted by Crippen LogP contribution is 2.15. The van der Waals surface area contributed by atoms with E-state index < -0.39 is 11.9 Å². The van der Waals surface area contributed by atoms with Crippen LogP contribution < -0.4 is 5.48 Å². The van der Waals surface area contributed by atoms with Gasteiger partial charge in [0.15, 0.2) is 0 Å². The van der Waals surface area contributed by atoms with Gasteiger partial charge in [-0.3, -0.25) is 10.0 Å². The summed E-state index contributed by atoms with van der Waals surface area (Å²) in [4.78, 5) is 21.4. The third-order valence-corrected chi connectivity index (χ3v) is 1.53. The summed E-state index contributed by atoms with van der Waals surface area (Å²) in [6.45, 7) is 0. The zero-order valence-electron chi connectivity index (χ0n) is 6.89. The number of carboxylic acid groups (broad SMARTS) is 1. The van der Waals surface area contributed by atoms with E-state index in [1.54, 1.807) is 0 Å². The lowest BCUT2D eigenvalue weighted by atomic mass is 10.1. The Balaban J connectivity index is 3.20. The summed E-state index contributed by atoms with van der Waals surface area (Å²) >= 11 is 0. The van der Waals surface area contributed by atoms with Crippen LogP contribution in [0.3, 0.4) is 0 Å². The van der Waals surface area contributed by atoms with Gasteiger partial charge in [-0.1, -0.05) is 0 Å². The maximum Gasteiger partial charge on any atom is 0.335 e. The lowest BCUT2D eigenvalue weighted by molar-refractivity contribution is 0.0695. The van der Waals surface area contributed by atoms with Crippen LogP contribution in [0.15, 0.2) is 18.2 Å². The second-order valence-electron chi connectivity index (χ2n) is 2.51. The van der Waals surface area contributed by atoms with Crippen LogP contribution in [0.2, 0.25) is 0 Å². The highest BCUT2D eigenvalue weighted by molar-refractivity contribution is 5.97. The number of rotatable bonds is 2. The lowest BCUT2D eigenvalue weighted by Gasteiger charge is -2.01. The summed E-state index contributed by atoms with van der Waals surface area (Å²) in [6.07, 6.45) is 0. The molecule has 1 rings (SSSR count). The number of carbonyl (C=O) groups excluding carboxylic acids is 1. The van der Waals surface area contributed by atoms with Crippen LogP contribution >= 0.6 is 0 Å². The van der Waals surface area contributed by atoms with Crippen molar-refractivity contribution < 1.29 is 25.0 Å². The molecule has 1 aromatic rings. The molecule has 0 aliphatic heterocycles. The van der Waals surface area contributed by atoms with E-state index in [-0.39, 0.29) is 16.9 Å². The molecule has 0 saturated heterocycles. The van der Waals surface area contributed by atoms with Gasteiger partial charge in [-0.25, -0.2) is 10.3 Å². The van der Waals surface area contributed by atoms with Crippen molar-refractivity contribution in [2.24, 2.45) is 0 Å². The fourth-order valence-electron chi connectivity index (χ4n) is 0.930. The highest BCUT2D eigenvalue weighted by Gasteiger charge is 2.11. The average molecular weight is 197 g/mol. The van der Waals surface area contributed by atoms with E-state index in [9.17, 15) is 9.59 Å². The van der Waals surface area contributed by atoms with Crippen LogP contribution in [0.25, 0.3) is 0 Å². The number of carbonyl (C=O) groups is 2. The molecule has 0 fully saturated rings. The number of phenols is 1. The average Bonchev–Trinajstić information content (AvgIpc) is 2.15. The third kappa shape index (κ3) is 1.99. The van der Waals surface area contributed by atoms with E-state index in [4.69, 9.17) is 15.4 Å². The van der Waals surface area contributed by atoms with Crippen LogP contribution in [0.4, 0.5) is 0 Å². The van der Waals surface area contributed by atoms with Crippen molar-refractivity contribution >= 4 is 11.9 Å². The topological polar surface area (TPSA) is 107 Å². The molecule has 14 heavy (non-hydrogen) atoms. The van der Waals surface area contributed by atoms with Crippen molar-refractivity contribution in [3.8, 4) is 5.75 Å². The summed E-state index contributed by atoms with van der Waals surface area (Å²) < 4.78 is 0. The van der Waals surface area contributed by atoms with Crippen molar-refractivity contribution in [1.82, 2.24) is 5.48 Å². The quantitative estimate of drug-likeness (QED) is 0.400. The molecule has 0 saturated carbocycles. The molecule has 0 unspecified atom stereocenters. The molecular formula is C8H7NO5. The number of phenolic OH excluding ortho intramolecular Hbond substituents is 1. The van der Waals surface area contributed by atoms with E-state index in [2.05, 4.69) is 0 Å². The Morgan fingerprint density at radius 2 is 1.71 bits per heavy atom. The van der Waals surface area contributed by atoms with Crippen LogP contribution in [-0.2, 0) is 0 Å². The standard InChI is InChI=1S/C8H7NO5/c10-6-2-4(7(11)9-14)1-5(3-6)8(12)13/h1-3,10,14H,(H,9,11)(H,12,13). The largest absolute Gasteiger partial charge is 0.508 e. The number of hydrogen-bond donors (Lipinski definition) is 4. The number of hydroxylamine groups is 1. The molecule has 4 N–H and O–H groups in total. The number of hydrogen-bond acceptors (Lipinski definition) is 4. The minimum atomic E-state index is -1.27. The van der Waals surface area contributed by atoms with E-state index >= 15 is 0 Å². The normalized spacial score (nSPS) is 9.50. The van der Waals surface area contributed by atoms with Crippen molar-refractivity contribution in [2.45, 2.75) is 0 Å². The molecule has 0 bridgehead atoms. The molecule has 0 aliphatic carbocycles. The van der Waals surface area contributed by atoms with E-state index in [1.165, 1.54) is 5.48 Å². The number of nitrogens with one attached hydrogen (secondary N) is 1. The van der Waals surface area contributed by atoms with Crippen LogP contribution in [0, 0.1) is 0 Å². The monoisotopic (exact) mass is 197 g/mol.